The summed E-state index contributed by atoms with van der Waals surface area (Å²) in [5.41, 5.74) is 1.61. The van der Waals surface area contributed by atoms with E-state index in [2.05, 4.69) is 0 Å². The Bertz CT molecular complexity index is 1290. The quantitative estimate of drug-likeness (QED) is 0.253. The Kier molecular flexibility index (Phi) is 14.0. The first-order chi connectivity index (χ1) is 17.2. The third-order valence-electron chi connectivity index (χ3n) is 4.06. The van der Waals surface area contributed by atoms with Crippen LogP contribution in [-0.2, 0) is 0 Å². The normalized spacial score (nSPS) is 9.59. The van der Waals surface area contributed by atoms with Gasteiger partial charge in [-0.3, -0.25) is 28.8 Å². The maximum absolute atomic E-state index is 10.7. The van der Waals surface area contributed by atoms with E-state index in [1.165, 1.54) is 60.7 Å². The minimum Gasteiger partial charge on any atom is -0.276 e. The molecule has 13 heteroatoms. The van der Waals surface area contributed by atoms with Gasteiger partial charge in [-0.1, -0.05) is 29.8 Å². The second kappa shape index (κ2) is 15.8. The maximum Gasteiger partial charge on any atom is 0.253 e. The Labute approximate surface area is 245 Å². The van der Waals surface area contributed by atoms with E-state index < -0.39 is 31.5 Å². The average Bonchev–Trinajstić information content (AvgIpc) is 2.84. The first-order valence-electron chi connectivity index (χ1n) is 9.43. The number of halogens is 7. The molecule has 3 aromatic carbocycles. The summed E-state index contributed by atoms with van der Waals surface area (Å²) < 4.78 is 0. The van der Waals surface area contributed by atoms with Crippen molar-refractivity contribution < 1.29 is 28.8 Å². The molecule has 0 bridgehead atoms. The number of hydrogen-bond donors (Lipinski definition) is 0. The first kappa shape index (κ1) is 32.7. The monoisotopic (exact) mass is 640 g/mol. The molecule has 37 heavy (non-hydrogen) atoms. The van der Waals surface area contributed by atoms with E-state index in [4.69, 9.17) is 81.2 Å². The van der Waals surface area contributed by atoms with Gasteiger partial charge in [0.1, 0.15) is 0 Å². The van der Waals surface area contributed by atoms with Gasteiger partial charge in [-0.05, 0) is 118 Å². The predicted molar refractivity (Wildman–Crippen MR) is 145 cm³/mol. The van der Waals surface area contributed by atoms with Crippen molar-refractivity contribution in [1.82, 2.24) is 0 Å². The van der Waals surface area contributed by atoms with Crippen molar-refractivity contribution in [1.29, 1.82) is 0 Å². The third kappa shape index (κ3) is 11.3. The number of benzene rings is 3. The van der Waals surface area contributed by atoms with E-state index in [1.54, 1.807) is 6.07 Å². The van der Waals surface area contributed by atoms with Gasteiger partial charge in [0.25, 0.3) is 31.5 Å². The Balaban J connectivity index is 0.000000278. The van der Waals surface area contributed by atoms with Gasteiger partial charge < -0.3 is 0 Å². The molecule has 0 aromatic heterocycles. The van der Waals surface area contributed by atoms with Gasteiger partial charge >= 0.3 is 0 Å². The second-order valence-corrected chi connectivity index (χ2v) is 8.96. The summed E-state index contributed by atoms with van der Waals surface area (Å²) in [4.78, 5) is 63.8. The van der Waals surface area contributed by atoms with Crippen LogP contribution in [0.4, 0.5) is 0 Å². The molecule has 0 unspecified atom stereocenters. The van der Waals surface area contributed by atoms with Crippen molar-refractivity contribution in [3.05, 3.63) is 105 Å². The van der Waals surface area contributed by atoms with Crippen molar-refractivity contribution >= 4 is 113 Å². The molecule has 0 saturated carbocycles. The lowest BCUT2D eigenvalue weighted by atomic mass is 10.1. The van der Waals surface area contributed by atoms with Crippen LogP contribution in [0, 0.1) is 0 Å². The van der Waals surface area contributed by atoms with Crippen molar-refractivity contribution in [2.75, 3.05) is 0 Å². The minimum absolute atomic E-state index is 0.117. The van der Waals surface area contributed by atoms with Crippen LogP contribution in [0.5, 0.6) is 0 Å². The molecule has 6 nitrogen and oxygen atoms in total. The lowest BCUT2D eigenvalue weighted by molar-refractivity contribution is 0.107. The Morgan fingerprint density at radius 3 is 1.03 bits per heavy atom. The molecule has 0 radical (unpaired) electrons. The number of carbonyl (C=O) groups excluding carboxylic acids is 6. The summed E-state index contributed by atoms with van der Waals surface area (Å²) in [6.07, 6.45) is 0. The number of hydrogen-bond acceptors (Lipinski definition) is 6. The first-order valence-corrected chi connectivity index (χ1v) is 12.1. The standard InChI is InChI=1S/C8H3Cl3O2.2C8H4Cl2O2/c9-6-3-4(7(10)12)1-2-5(6)8(11)13;9-7(11)5-1-2-6(4-3-5)8(10)12;9-7(11)5-2-1-3-6(4-5)8(10)12/h1-3H;2*1-4H. The highest BCUT2D eigenvalue weighted by Gasteiger charge is 2.10. The van der Waals surface area contributed by atoms with Gasteiger partial charge in [-0.25, -0.2) is 0 Å². The van der Waals surface area contributed by atoms with Crippen LogP contribution in [0.15, 0.2) is 66.7 Å². The largest absolute Gasteiger partial charge is 0.276 e. The van der Waals surface area contributed by atoms with Crippen LogP contribution in [-0.4, -0.2) is 31.5 Å². The van der Waals surface area contributed by atoms with E-state index in [-0.39, 0.29) is 27.3 Å². The van der Waals surface area contributed by atoms with Gasteiger partial charge in [0, 0.05) is 27.8 Å². The molecule has 0 fully saturated rings. The number of carbonyl (C=O) groups is 6. The van der Waals surface area contributed by atoms with E-state index in [0.717, 1.165) is 0 Å². The fourth-order valence-corrected chi connectivity index (χ4v) is 3.38. The van der Waals surface area contributed by atoms with Crippen LogP contribution < -0.4 is 0 Å². The zero-order chi connectivity index (χ0) is 28.3. The lowest BCUT2D eigenvalue weighted by Gasteiger charge is -1.99. The van der Waals surface area contributed by atoms with Gasteiger partial charge in [0.15, 0.2) is 0 Å². The third-order valence-corrected chi connectivity index (χ3v) is 5.67. The minimum atomic E-state index is -0.668. The molecule has 192 valence electrons. The predicted octanol–water partition coefficient (Wildman–Crippen LogP) is 7.99. The summed E-state index contributed by atoms with van der Waals surface area (Å²) in [6.45, 7) is 0. The summed E-state index contributed by atoms with van der Waals surface area (Å²) in [5.74, 6) is 0. The highest BCUT2D eigenvalue weighted by Crippen LogP contribution is 2.20. The van der Waals surface area contributed by atoms with Crippen molar-refractivity contribution in [3.63, 3.8) is 0 Å². The molecule has 0 aliphatic rings. The van der Waals surface area contributed by atoms with Gasteiger partial charge in [-0.2, -0.15) is 0 Å². The fourth-order valence-electron chi connectivity index (χ4n) is 2.29. The van der Waals surface area contributed by atoms with Crippen molar-refractivity contribution in [3.8, 4) is 0 Å². The molecule has 0 aliphatic carbocycles. The van der Waals surface area contributed by atoms with E-state index in [9.17, 15) is 28.8 Å². The summed E-state index contributed by atoms with van der Waals surface area (Å²) in [7, 11) is 0. The zero-order valence-electron chi connectivity index (χ0n) is 17.9. The molecule has 0 aliphatic heterocycles. The summed E-state index contributed by atoms with van der Waals surface area (Å²) in [6, 6.07) is 15.8. The van der Waals surface area contributed by atoms with Crippen LogP contribution in [0.2, 0.25) is 5.02 Å². The lowest BCUT2D eigenvalue weighted by Crippen LogP contribution is -1.94. The average molecular weight is 644 g/mol. The van der Waals surface area contributed by atoms with E-state index in [1.807, 2.05) is 0 Å². The molecule has 0 N–H and O–H groups in total. The van der Waals surface area contributed by atoms with E-state index in [0.29, 0.717) is 11.1 Å². The van der Waals surface area contributed by atoms with Crippen LogP contribution >= 0.6 is 81.2 Å². The van der Waals surface area contributed by atoms with Crippen molar-refractivity contribution in [2.45, 2.75) is 0 Å². The molecular weight excluding hydrogens is 632 g/mol. The molecular formula is C24H11Cl7O6. The second-order valence-electron chi connectivity index (χ2n) is 6.50. The molecule has 0 spiro atoms. The Morgan fingerprint density at radius 1 is 0.405 bits per heavy atom. The molecule has 0 atom stereocenters. The van der Waals surface area contributed by atoms with Crippen LogP contribution in [0.25, 0.3) is 0 Å². The topological polar surface area (TPSA) is 102 Å². The Hall–Kier alpha value is -2.29. The van der Waals surface area contributed by atoms with Crippen LogP contribution in [0.1, 0.15) is 62.1 Å². The zero-order valence-corrected chi connectivity index (χ0v) is 23.2. The highest BCUT2D eigenvalue weighted by molar-refractivity contribution is 6.70. The van der Waals surface area contributed by atoms with Crippen LogP contribution in [0.3, 0.4) is 0 Å². The molecule has 3 rings (SSSR count). The summed E-state index contributed by atoms with van der Waals surface area (Å²) >= 11 is 36.8. The SMILES string of the molecule is O=C(Cl)c1ccc(C(=O)Cl)c(Cl)c1.O=C(Cl)c1ccc(C(=O)Cl)cc1.O=C(Cl)c1cccc(C(=O)Cl)c1. The molecule has 0 amide bonds. The fraction of sp³-hybridized carbons (Fsp3) is 0. The smallest absolute Gasteiger partial charge is 0.253 e. The molecule has 0 heterocycles. The van der Waals surface area contributed by atoms with Gasteiger partial charge in [0.05, 0.1) is 10.6 Å². The van der Waals surface area contributed by atoms with E-state index >= 15 is 0 Å². The van der Waals surface area contributed by atoms with Gasteiger partial charge in [0.2, 0.25) is 0 Å². The molecule has 0 saturated heterocycles. The Morgan fingerprint density at radius 2 is 0.730 bits per heavy atom. The summed E-state index contributed by atoms with van der Waals surface area (Å²) in [5, 5.41) is -3.49. The maximum atomic E-state index is 10.7. The van der Waals surface area contributed by atoms with Gasteiger partial charge in [-0.15, -0.1) is 0 Å². The van der Waals surface area contributed by atoms with Crippen molar-refractivity contribution in [2.24, 2.45) is 0 Å². The highest BCUT2D eigenvalue weighted by atomic mass is 35.5. The molecule has 3 aromatic rings. The number of rotatable bonds is 6.